The zero-order chi connectivity index (χ0) is 13.7. The minimum Gasteiger partial charge on any atom is -0.361 e. The molecular formula is C17H22N2O. The normalized spacial score (nSPS) is 25.9. The van der Waals surface area contributed by atoms with Gasteiger partial charge >= 0.3 is 0 Å². The second kappa shape index (κ2) is 4.61. The van der Waals surface area contributed by atoms with Crippen molar-refractivity contribution in [2.24, 2.45) is 0 Å². The number of aromatic amines is 1. The van der Waals surface area contributed by atoms with Crippen molar-refractivity contribution >= 4 is 10.9 Å². The molecule has 20 heavy (non-hydrogen) atoms. The molecule has 0 aliphatic carbocycles. The molecule has 3 heterocycles. The van der Waals surface area contributed by atoms with Crippen LogP contribution in [0.4, 0.5) is 0 Å². The quantitative estimate of drug-likeness (QED) is 0.904. The standard InChI is InChI=1S/C17H22N2O/c1-3-4-16-19-8-7-12-13-9-11(2)5-6-14(13)18-17(12)15(19)10-20-16/h5-6,9,15-16,18H,3-4,7-8,10H2,1-2H3. The Hall–Kier alpha value is -1.32. The largest absolute Gasteiger partial charge is 0.361 e. The number of hydrogen-bond acceptors (Lipinski definition) is 2. The maximum atomic E-state index is 6.02. The molecule has 3 nitrogen and oxygen atoms in total. The Morgan fingerprint density at radius 1 is 1.40 bits per heavy atom. The minimum absolute atomic E-state index is 0.325. The lowest BCUT2D eigenvalue weighted by molar-refractivity contribution is 0.0222. The van der Waals surface area contributed by atoms with Crippen LogP contribution in [-0.4, -0.2) is 29.3 Å². The summed E-state index contributed by atoms with van der Waals surface area (Å²) in [4.78, 5) is 6.21. The monoisotopic (exact) mass is 270 g/mol. The Morgan fingerprint density at radius 3 is 3.15 bits per heavy atom. The van der Waals surface area contributed by atoms with Crippen LogP contribution in [0.5, 0.6) is 0 Å². The molecule has 1 aromatic heterocycles. The molecule has 0 amide bonds. The zero-order valence-electron chi connectivity index (χ0n) is 12.3. The van der Waals surface area contributed by atoms with E-state index in [4.69, 9.17) is 4.74 Å². The topological polar surface area (TPSA) is 28.3 Å². The minimum atomic E-state index is 0.325. The molecule has 0 saturated carbocycles. The fourth-order valence-corrected chi connectivity index (χ4v) is 3.82. The molecule has 2 unspecified atom stereocenters. The molecule has 1 aromatic carbocycles. The average molecular weight is 270 g/mol. The first-order chi connectivity index (χ1) is 9.78. The maximum absolute atomic E-state index is 6.02. The molecule has 0 spiro atoms. The number of benzene rings is 1. The lowest BCUT2D eigenvalue weighted by Crippen LogP contribution is -2.37. The van der Waals surface area contributed by atoms with Gasteiger partial charge in [-0.05, 0) is 37.5 Å². The smallest absolute Gasteiger partial charge is 0.111 e. The van der Waals surface area contributed by atoms with Gasteiger partial charge in [0.05, 0.1) is 12.6 Å². The summed E-state index contributed by atoms with van der Waals surface area (Å²) < 4.78 is 6.02. The second-order valence-corrected chi connectivity index (χ2v) is 6.15. The van der Waals surface area contributed by atoms with E-state index < -0.39 is 0 Å². The number of nitrogens with one attached hydrogen (secondary N) is 1. The van der Waals surface area contributed by atoms with E-state index in [0.717, 1.165) is 26.0 Å². The van der Waals surface area contributed by atoms with Gasteiger partial charge in [-0.2, -0.15) is 0 Å². The third kappa shape index (κ3) is 1.73. The molecule has 2 atom stereocenters. The Bertz CT molecular complexity index is 646. The van der Waals surface area contributed by atoms with Crippen LogP contribution in [0.2, 0.25) is 0 Å². The summed E-state index contributed by atoms with van der Waals surface area (Å²) >= 11 is 0. The summed E-state index contributed by atoms with van der Waals surface area (Å²) in [6.45, 7) is 6.37. The first kappa shape index (κ1) is 12.4. The molecule has 2 aliphatic rings. The molecule has 1 N–H and O–H groups in total. The molecule has 2 aromatic rings. The predicted molar refractivity (Wildman–Crippen MR) is 80.8 cm³/mol. The highest BCUT2D eigenvalue weighted by Gasteiger charge is 2.39. The number of ether oxygens (including phenoxy) is 1. The van der Waals surface area contributed by atoms with Crippen molar-refractivity contribution in [3.05, 3.63) is 35.0 Å². The molecule has 3 heteroatoms. The van der Waals surface area contributed by atoms with Crippen LogP contribution in [0.1, 0.15) is 42.6 Å². The van der Waals surface area contributed by atoms with E-state index >= 15 is 0 Å². The number of hydrogen-bond donors (Lipinski definition) is 1. The molecular weight excluding hydrogens is 248 g/mol. The van der Waals surface area contributed by atoms with Crippen molar-refractivity contribution in [1.82, 2.24) is 9.88 Å². The van der Waals surface area contributed by atoms with Gasteiger partial charge in [0, 0.05) is 23.1 Å². The summed E-state index contributed by atoms with van der Waals surface area (Å²) in [6, 6.07) is 7.15. The van der Waals surface area contributed by atoms with E-state index in [1.54, 1.807) is 0 Å². The van der Waals surface area contributed by atoms with Gasteiger partial charge in [-0.25, -0.2) is 0 Å². The molecule has 4 rings (SSSR count). The van der Waals surface area contributed by atoms with Crippen LogP contribution in [0.25, 0.3) is 10.9 Å². The first-order valence-electron chi connectivity index (χ1n) is 7.76. The van der Waals surface area contributed by atoms with E-state index in [-0.39, 0.29) is 0 Å². The van der Waals surface area contributed by atoms with Crippen molar-refractivity contribution < 1.29 is 4.74 Å². The van der Waals surface area contributed by atoms with Gasteiger partial charge in [0.15, 0.2) is 0 Å². The van der Waals surface area contributed by atoms with Crippen LogP contribution in [-0.2, 0) is 11.2 Å². The van der Waals surface area contributed by atoms with Gasteiger partial charge in [0.25, 0.3) is 0 Å². The Kier molecular flexibility index (Phi) is 2.86. The van der Waals surface area contributed by atoms with Gasteiger partial charge in [-0.3, -0.25) is 4.90 Å². The van der Waals surface area contributed by atoms with E-state index in [0.29, 0.717) is 12.3 Å². The number of H-pyrrole nitrogens is 1. The first-order valence-corrected chi connectivity index (χ1v) is 7.76. The van der Waals surface area contributed by atoms with Gasteiger partial charge in [-0.1, -0.05) is 25.0 Å². The van der Waals surface area contributed by atoms with Crippen molar-refractivity contribution in [2.45, 2.75) is 45.4 Å². The molecule has 106 valence electrons. The van der Waals surface area contributed by atoms with E-state index in [1.807, 2.05) is 0 Å². The summed E-state index contributed by atoms with van der Waals surface area (Å²) in [5.74, 6) is 0. The predicted octanol–water partition coefficient (Wildman–Crippen LogP) is 3.53. The Labute approximate surface area is 119 Å². The average Bonchev–Trinajstić information content (AvgIpc) is 3.00. The zero-order valence-corrected chi connectivity index (χ0v) is 12.3. The van der Waals surface area contributed by atoms with Gasteiger partial charge < -0.3 is 9.72 Å². The number of nitrogens with zero attached hydrogens (tertiary/aromatic N) is 1. The van der Waals surface area contributed by atoms with Gasteiger partial charge in [0.2, 0.25) is 0 Å². The number of fused-ring (bicyclic) bond motifs is 5. The van der Waals surface area contributed by atoms with E-state index in [1.165, 1.54) is 34.1 Å². The van der Waals surface area contributed by atoms with Gasteiger partial charge in [0.1, 0.15) is 6.23 Å². The van der Waals surface area contributed by atoms with Crippen LogP contribution >= 0.6 is 0 Å². The van der Waals surface area contributed by atoms with Crippen LogP contribution in [0, 0.1) is 6.92 Å². The molecule has 0 radical (unpaired) electrons. The Balaban J connectivity index is 1.77. The fraction of sp³-hybridized carbons (Fsp3) is 0.529. The third-order valence-electron chi connectivity index (χ3n) is 4.80. The summed E-state index contributed by atoms with van der Waals surface area (Å²) in [7, 11) is 0. The number of rotatable bonds is 2. The molecule has 1 saturated heterocycles. The lowest BCUT2D eigenvalue weighted by atomic mass is 9.97. The second-order valence-electron chi connectivity index (χ2n) is 6.15. The highest BCUT2D eigenvalue weighted by molar-refractivity contribution is 5.85. The van der Waals surface area contributed by atoms with Crippen LogP contribution in [0.3, 0.4) is 0 Å². The number of aryl methyl sites for hydroxylation is 1. The van der Waals surface area contributed by atoms with Crippen molar-refractivity contribution in [3.63, 3.8) is 0 Å². The SMILES string of the molecule is CCCC1OCC2c3[nH]c4ccc(C)cc4c3CCN12. The third-order valence-corrected chi connectivity index (χ3v) is 4.80. The van der Waals surface area contributed by atoms with E-state index in [9.17, 15) is 0 Å². The fourth-order valence-electron chi connectivity index (χ4n) is 3.82. The van der Waals surface area contributed by atoms with Crippen molar-refractivity contribution in [2.75, 3.05) is 13.2 Å². The van der Waals surface area contributed by atoms with Crippen LogP contribution in [0.15, 0.2) is 18.2 Å². The van der Waals surface area contributed by atoms with Crippen LogP contribution < -0.4 is 0 Å². The maximum Gasteiger partial charge on any atom is 0.111 e. The van der Waals surface area contributed by atoms with E-state index in [2.05, 4.69) is 41.9 Å². The van der Waals surface area contributed by atoms with Gasteiger partial charge in [-0.15, -0.1) is 0 Å². The highest BCUT2D eigenvalue weighted by atomic mass is 16.5. The summed E-state index contributed by atoms with van der Waals surface area (Å²) in [5.41, 5.74) is 5.54. The van der Waals surface area contributed by atoms with Crippen molar-refractivity contribution in [3.8, 4) is 0 Å². The highest BCUT2D eigenvalue weighted by Crippen LogP contribution is 2.40. The molecule has 1 fully saturated rings. The van der Waals surface area contributed by atoms with Crippen molar-refractivity contribution in [1.29, 1.82) is 0 Å². The molecule has 0 bridgehead atoms. The number of aromatic nitrogens is 1. The summed E-state index contributed by atoms with van der Waals surface area (Å²) in [6.07, 6.45) is 3.79. The molecule has 2 aliphatic heterocycles. The Morgan fingerprint density at radius 2 is 2.30 bits per heavy atom. The summed E-state index contributed by atoms with van der Waals surface area (Å²) in [5, 5.41) is 1.42. The lowest BCUT2D eigenvalue weighted by Gasteiger charge is -2.31.